The Morgan fingerprint density at radius 1 is 1.50 bits per heavy atom. The van der Waals surface area contributed by atoms with Crippen LogP contribution in [0.5, 0.6) is 0 Å². The summed E-state index contributed by atoms with van der Waals surface area (Å²) < 4.78 is 24.5. The first-order chi connectivity index (χ1) is 7.36. The molecular weight excluding hydrogens is 230 g/mol. The molecule has 0 rings (SSSR count). The number of hydrogen-bond donors (Lipinski definition) is 2. The molecule has 0 spiro atoms. The van der Waals surface area contributed by atoms with Gasteiger partial charge < -0.3 is 11.1 Å². The zero-order valence-electron chi connectivity index (χ0n) is 10.1. The topological polar surface area (TPSA) is 92.5 Å². The monoisotopic (exact) mass is 251 g/mol. The Balaban J connectivity index is 4.35. The number of nitrogens with two attached hydrogens (primary N) is 1. The van der Waals surface area contributed by atoms with Crippen molar-refractivity contribution in [1.29, 1.82) is 0 Å². The molecule has 0 fully saturated rings. The number of hydrogen-bond acceptors (Lipinski definition) is 4. The molecule has 0 aliphatic rings. The second kappa shape index (κ2) is 6.82. The number of rotatable bonds is 7. The van der Waals surface area contributed by atoms with Gasteiger partial charge in [-0.15, -0.1) is 0 Å². The third-order valence-electron chi connectivity index (χ3n) is 2.21. The van der Waals surface area contributed by atoms with Crippen molar-refractivity contribution in [3.63, 3.8) is 0 Å². The van der Waals surface area contributed by atoms with Gasteiger partial charge in [0.15, 0.2) is 0 Å². The Hall–Kier alpha value is -0.660. The zero-order chi connectivity index (χ0) is 12.8. The highest BCUT2D eigenvalue weighted by molar-refractivity contribution is 7.89. The van der Waals surface area contributed by atoms with Crippen LogP contribution in [0.3, 0.4) is 0 Å². The first-order valence-corrected chi connectivity index (χ1v) is 6.78. The number of nitrogens with one attached hydrogen (secondary N) is 1. The van der Waals surface area contributed by atoms with Gasteiger partial charge >= 0.3 is 0 Å². The van der Waals surface area contributed by atoms with Crippen LogP contribution < -0.4 is 11.1 Å². The van der Waals surface area contributed by atoms with E-state index in [-0.39, 0.29) is 19.0 Å². The van der Waals surface area contributed by atoms with Gasteiger partial charge in [0.2, 0.25) is 15.9 Å². The Labute approximate surface area is 97.2 Å². The van der Waals surface area contributed by atoms with Gasteiger partial charge in [-0.25, -0.2) is 8.42 Å². The van der Waals surface area contributed by atoms with Crippen LogP contribution in [0.1, 0.15) is 20.3 Å². The highest BCUT2D eigenvalue weighted by Gasteiger charge is 2.25. The van der Waals surface area contributed by atoms with Gasteiger partial charge in [0.05, 0.1) is 11.8 Å². The van der Waals surface area contributed by atoms with E-state index < -0.39 is 15.3 Å². The average Bonchev–Trinajstić information content (AvgIpc) is 2.24. The second-order valence-corrected chi connectivity index (χ2v) is 6.16. The number of amides is 1. The molecule has 96 valence electrons. The van der Waals surface area contributed by atoms with Crippen molar-refractivity contribution in [1.82, 2.24) is 9.62 Å². The SMILES string of the molecule is CCCNC(=O)CN(C)S(=O)(=O)C(C)CN. The summed E-state index contributed by atoms with van der Waals surface area (Å²) in [5.74, 6) is -0.294. The first kappa shape index (κ1) is 15.3. The van der Waals surface area contributed by atoms with Gasteiger partial charge in [-0.05, 0) is 13.3 Å². The Kier molecular flexibility index (Phi) is 6.54. The summed E-state index contributed by atoms with van der Waals surface area (Å²) in [5, 5.41) is 1.95. The molecule has 7 heteroatoms. The Morgan fingerprint density at radius 3 is 2.50 bits per heavy atom. The lowest BCUT2D eigenvalue weighted by Crippen LogP contribution is -2.43. The van der Waals surface area contributed by atoms with E-state index in [4.69, 9.17) is 5.73 Å². The van der Waals surface area contributed by atoms with Crippen molar-refractivity contribution in [2.24, 2.45) is 5.73 Å². The Morgan fingerprint density at radius 2 is 2.06 bits per heavy atom. The van der Waals surface area contributed by atoms with Crippen LogP contribution in [0.25, 0.3) is 0 Å². The van der Waals surface area contributed by atoms with Crippen LogP contribution in [0.4, 0.5) is 0 Å². The van der Waals surface area contributed by atoms with E-state index in [1.807, 2.05) is 6.92 Å². The van der Waals surface area contributed by atoms with E-state index in [9.17, 15) is 13.2 Å². The molecule has 0 saturated heterocycles. The van der Waals surface area contributed by atoms with Gasteiger partial charge in [0.25, 0.3) is 0 Å². The van der Waals surface area contributed by atoms with E-state index >= 15 is 0 Å². The molecule has 0 aliphatic carbocycles. The molecule has 0 bridgehead atoms. The third kappa shape index (κ3) is 4.46. The summed E-state index contributed by atoms with van der Waals surface area (Å²) in [5.41, 5.74) is 5.30. The average molecular weight is 251 g/mol. The molecule has 0 radical (unpaired) electrons. The predicted octanol–water partition coefficient (Wildman–Crippen LogP) is -0.879. The molecule has 0 aromatic carbocycles. The second-order valence-electron chi connectivity index (χ2n) is 3.70. The maximum absolute atomic E-state index is 11.7. The molecule has 3 N–H and O–H groups in total. The maximum atomic E-state index is 11.7. The lowest BCUT2D eigenvalue weighted by Gasteiger charge is -2.20. The van der Waals surface area contributed by atoms with Crippen LogP contribution in [-0.2, 0) is 14.8 Å². The van der Waals surface area contributed by atoms with E-state index in [0.717, 1.165) is 10.7 Å². The largest absolute Gasteiger partial charge is 0.355 e. The number of carbonyl (C=O) groups excluding carboxylic acids is 1. The van der Waals surface area contributed by atoms with Gasteiger partial charge in [-0.2, -0.15) is 4.31 Å². The fourth-order valence-corrected chi connectivity index (χ4v) is 2.20. The Bertz CT molecular complexity index is 316. The summed E-state index contributed by atoms with van der Waals surface area (Å²) in [6.45, 7) is 3.89. The van der Waals surface area contributed by atoms with Crippen molar-refractivity contribution in [3.05, 3.63) is 0 Å². The fourth-order valence-electron chi connectivity index (χ4n) is 1.04. The minimum Gasteiger partial charge on any atom is -0.355 e. The highest BCUT2D eigenvalue weighted by atomic mass is 32.2. The van der Waals surface area contributed by atoms with Crippen LogP contribution in [0.2, 0.25) is 0 Å². The van der Waals surface area contributed by atoms with E-state index in [1.165, 1.54) is 14.0 Å². The smallest absolute Gasteiger partial charge is 0.235 e. The number of carbonyl (C=O) groups is 1. The molecule has 0 aliphatic heterocycles. The zero-order valence-corrected chi connectivity index (χ0v) is 10.9. The normalized spacial score (nSPS) is 13.8. The van der Waals surface area contributed by atoms with Gasteiger partial charge in [-0.1, -0.05) is 6.92 Å². The van der Waals surface area contributed by atoms with Crippen LogP contribution in [-0.4, -0.2) is 50.6 Å². The van der Waals surface area contributed by atoms with Crippen molar-refractivity contribution in [2.45, 2.75) is 25.5 Å². The predicted molar refractivity (Wildman–Crippen MR) is 63.4 cm³/mol. The molecule has 0 aromatic heterocycles. The lowest BCUT2D eigenvalue weighted by atomic mass is 10.4. The summed E-state index contributed by atoms with van der Waals surface area (Å²) in [6.07, 6.45) is 0.821. The number of nitrogens with zero attached hydrogens (tertiary/aromatic N) is 1. The minimum atomic E-state index is -3.46. The standard InChI is InChI=1S/C9H21N3O3S/c1-4-5-11-9(13)7-12(3)16(14,15)8(2)6-10/h8H,4-7,10H2,1-3H3,(H,11,13). The molecule has 1 atom stereocenters. The molecular formula is C9H21N3O3S. The van der Waals surface area contributed by atoms with Gasteiger partial charge in [0, 0.05) is 20.1 Å². The molecule has 6 nitrogen and oxygen atoms in total. The molecule has 1 unspecified atom stereocenters. The summed E-state index contributed by atoms with van der Waals surface area (Å²) in [7, 11) is -2.08. The molecule has 0 aromatic rings. The van der Waals surface area contributed by atoms with Crippen molar-refractivity contribution < 1.29 is 13.2 Å². The van der Waals surface area contributed by atoms with Gasteiger partial charge in [0.1, 0.15) is 0 Å². The number of sulfonamides is 1. The van der Waals surface area contributed by atoms with Crippen LogP contribution >= 0.6 is 0 Å². The van der Waals surface area contributed by atoms with E-state index in [1.54, 1.807) is 0 Å². The first-order valence-electron chi connectivity index (χ1n) is 5.28. The summed E-state index contributed by atoms with van der Waals surface area (Å²) in [6, 6.07) is 0. The molecule has 1 amide bonds. The van der Waals surface area contributed by atoms with Crippen molar-refractivity contribution in [2.75, 3.05) is 26.7 Å². The fraction of sp³-hybridized carbons (Fsp3) is 0.889. The lowest BCUT2D eigenvalue weighted by molar-refractivity contribution is -0.121. The van der Waals surface area contributed by atoms with Crippen LogP contribution in [0, 0.1) is 0 Å². The molecule has 16 heavy (non-hydrogen) atoms. The maximum Gasteiger partial charge on any atom is 0.235 e. The molecule has 0 heterocycles. The third-order valence-corrected chi connectivity index (χ3v) is 4.42. The van der Waals surface area contributed by atoms with Gasteiger partial charge in [-0.3, -0.25) is 4.79 Å². The number of likely N-dealkylation sites (N-methyl/N-ethyl adjacent to an activating group) is 1. The van der Waals surface area contributed by atoms with E-state index in [2.05, 4.69) is 5.32 Å². The van der Waals surface area contributed by atoms with Crippen molar-refractivity contribution >= 4 is 15.9 Å². The summed E-state index contributed by atoms with van der Waals surface area (Å²) in [4.78, 5) is 11.3. The summed E-state index contributed by atoms with van der Waals surface area (Å²) >= 11 is 0. The quantitative estimate of drug-likeness (QED) is 0.614. The van der Waals surface area contributed by atoms with Crippen LogP contribution in [0.15, 0.2) is 0 Å². The highest BCUT2D eigenvalue weighted by Crippen LogP contribution is 2.04. The minimum absolute atomic E-state index is 0.0449. The van der Waals surface area contributed by atoms with E-state index in [0.29, 0.717) is 6.54 Å². The van der Waals surface area contributed by atoms with Crippen molar-refractivity contribution in [3.8, 4) is 0 Å². The molecule has 0 saturated carbocycles.